The fraction of sp³-hybridized carbons (Fsp3) is 0.182. The molecule has 1 aromatic heterocycles. The second-order valence-corrected chi connectivity index (χ2v) is 4.35. The van der Waals surface area contributed by atoms with Crippen molar-refractivity contribution in [3.8, 4) is 0 Å². The lowest BCUT2D eigenvalue weighted by Crippen LogP contribution is -1.99. The summed E-state index contributed by atoms with van der Waals surface area (Å²) in [6.07, 6.45) is -0.674. The van der Waals surface area contributed by atoms with Crippen LogP contribution in [-0.4, -0.2) is 15.3 Å². The maximum atomic E-state index is 10.0. The van der Waals surface area contributed by atoms with Crippen molar-refractivity contribution in [3.05, 3.63) is 51.8 Å². The lowest BCUT2D eigenvalue weighted by molar-refractivity contribution is 0.215. The van der Waals surface area contributed by atoms with Crippen LogP contribution in [0.5, 0.6) is 0 Å². The topological polar surface area (TPSA) is 48.9 Å². The van der Waals surface area contributed by atoms with Gasteiger partial charge in [0.25, 0.3) is 0 Å². The minimum atomic E-state index is -0.674. The molecule has 0 amide bonds. The molecule has 1 heterocycles. The van der Waals surface area contributed by atoms with Crippen molar-refractivity contribution in [3.63, 3.8) is 0 Å². The molecule has 0 aliphatic carbocycles. The van der Waals surface area contributed by atoms with E-state index < -0.39 is 6.10 Å². The first kappa shape index (κ1) is 10.4. The van der Waals surface area contributed by atoms with Crippen molar-refractivity contribution in [2.75, 3.05) is 0 Å². The molecule has 0 aliphatic heterocycles. The maximum absolute atomic E-state index is 10.0. The summed E-state index contributed by atoms with van der Waals surface area (Å²) >= 11 is 3.37. The molecule has 0 aliphatic rings. The highest BCUT2D eigenvalue weighted by Crippen LogP contribution is 2.23. The van der Waals surface area contributed by atoms with Crippen LogP contribution in [0, 0.1) is 6.92 Å². The Morgan fingerprint density at radius 1 is 1.40 bits per heavy atom. The Morgan fingerprint density at radius 3 is 2.80 bits per heavy atom. The monoisotopic (exact) mass is 266 g/mol. The highest BCUT2D eigenvalue weighted by molar-refractivity contribution is 9.10. The van der Waals surface area contributed by atoms with Gasteiger partial charge in [0.1, 0.15) is 6.10 Å². The number of rotatable bonds is 2. The van der Waals surface area contributed by atoms with E-state index in [0.717, 1.165) is 15.7 Å². The predicted octanol–water partition coefficient (Wildman–Crippen LogP) is 2.56. The zero-order chi connectivity index (χ0) is 10.8. The molecule has 0 radical (unpaired) electrons. The quantitative estimate of drug-likeness (QED) is 0.878. The van der Waals surface area contributed by atoms with Crippen LogP contribution >= 0.6 is 15.9 Å². The third-order valence-electron chi connectivity index (χ3n) is 2.17. The van der Waals surface area contributed by atoms with Crippen molar-refractivity contribution in [2.24, 2.45) is 0 Å². The Bertz CT molecular complexity index is 467. The number of hydrogen-bond donors (Lipinski definition) is 2. The van der Waals surface area contributed by atoms with E-state index in [0.29, 0.717) is 5.69 Å². The summed E-state index contributed by atoms with van der Waals surface area (Å²) in [4.78, 5) is 0. The van der Waals surface area contributed by atoms with Crippen LogP contribution in [0.15, 0.2) is 34.8 Å². The molecular weight excluding hydrogens is 256 g/mol. The molecule has 15 heavy (non-hydrogen) atoms. The van der Waals surface area contributed by atoms with Crippen LogP contribution < -0.4 is 0 Å². The normalized spacial score (nSPS) is 12.7. The van der Waals surface area contributed by atoms with Gasteiger partial charge < -0.3 is 5.11 Å². The first-order valence-electron chi connectivity index (χ1n) is 4.62. The Kier molecular flexibility index (Phi) is 2.88. The van der Waals surface area contributed by atoms with E-state index in [1.54, 1.807) is 0 Å². The second kappa shape index (κ2) is 4.16. The van der Waals surface area contributed by atoms with Gasteiger partial charge in [-0.3, -0.25) is 5.10 Å². The Morgan fingerprint density at radius 2 is 2.20 bits per heavy atom. The highest BCUT2D eigenvalue weighted by Gasteiger charge is 2.13. The molecule has 0 saturated carbocycles. The van der Waals surface area contributed by atoms with E-state index in [4.69, 9.17) is 0 Å². The number of hydrogen-bond acceptors (Lipinski definition) is 2. The lowest BCUT2D eigenvalue weighted by Gasteiger charge is -2.07. The fourth-order valence-electron chi connectivity index (χ4n) is 1.43. The number of nitrogens with zero attached hydrogens (tertiary/aromatic N) is 1. The summed E-state index contributed by atoms with van der Waals surface area (Å²) in [5.74, 6) is 0. The van der Waals surface area contributed by atoms with Crippen molar-refractivity contribution in [1.29, 1.82) is 0 Å². The van der Waals surface area contributed by atoms with E-state index >= 15 is 0 Å². The molecule has 4 heteroatoms. The van der Waals surface area contributed by atoms with Crippen molar-refractivity contribution in [1.82, 2.24) is 10.2 Å². The van der Waals surface area contributed by atoms with Crippen LogP contribution in [0.25, 0.3) is 0 Å². The summed E-state index contributed by atoms with van der Waals surface area (Å²) in [5, 5.41) is 16.9. The minimum Gasteiger partial charge on any atom is -0.382 e. The zero-order valence-corrected chi connectivity index (χ0v) is 9.82. The number of aryl methyl sites for hydroxylation is 1. The molecule has 0 fully saturated rings. The van der Waals surface area contributed by atoms with Crippen molar-refractivity contribution in [2.45, 2.75) is 13.0 Å². The second-order valence-electron chi connectivity index (χ2n) is 3.43. The van der Waals surface area contributed by atoms with Gasteiger partial charge in [0.15, 0.2) is 0 Å². The number of nitrogens with one attached hydrogen (secondary N) is 1. The summed E-state index contributed by atoms with van der Waals surface area (Å²) < 4.78 is 0.950. The standard InChI is InChI=1S/C11H11BrN2O/c1-7-5-10(14-13-7)11(15)8-3-2-4-9(12)6-8/h2-6,11,15H,1H3,(H,13,14). The Balaban J connectivity index is 2.32. The number of H-pyrrole nitrogens is 1. The predicted molar refractivity (Wildman–Crippen MR) is 61.5 cm³/mol. The molecule has 1 aromatic carbocycles. The lowest BCUT2D eigenvalue weighted by atomic mass is 10.1. The summed E-state index contributed by atoms with van der Waals surface area (Å²) in [5.41, 5.74) is 2.42. The van der Waals surface area contributed by atoms with Gasteiger partial charge >= 0.3 is 0 Å². The summed E-state index contributed by atoms with van der Waals surface area (Å²) in [6.45, 7) is 1.91. The molecule has 3 nitrogen and oxygen atoms in total. The van der Waals surface area contributed by atoms with Crippen LogP contribution in [0.1, 0.15) is 23.1 Å². The molecule has 0 saturated heterocycles. The van der Waals surface area contributed by atoms with E-state index in [2.05, 4.69) is 26.1 Å². The van der Waals surface area contributed by atoms with Gasteiger partial charge in [-0.25, -0.2) is 0 Å². The molecule has 78 valence electrons. The molecule has 1 unspecified atom stereocenters. The number of aromatic nitrogens is 2. The molecule has 1 atom stereocenters. The largest absolute Gasteiger partial charge is 0.382 e. The number of benzene rings is 1. The third kappa shape index (κ3) is 2.27. The van der Waals surface area contributed by atoms with Gasteiger partial charge in [-0.1, -0.05) is 28.1 Å². The Labute approximate surface area is 96.3 Å². The molecule has 2 N–H and O–H groups in total. The third-order valence-corrected chi connectivity index (χ3v) is 2.66. The van der Waals surface area contributed by atoms with Gasteiger partial charge in [0.2, 0.25) is 0 Å². The van der Waals surface area contributed by atoms with Gasteiger partial charge in [0.05, 0.1) is 5.69 Å². The summed E-state index contributed by atoms with van der Waals surface area (Å²) in [7, 11) is 0. The number of halogens is 1. The fourth-order valence-corrected chi connectivity index (χ4v) is 1.84. The van der Waals surface area contributed by atoms with Crippen molar-refractivity contribution >= 4 is 15.9 Å². The minimum absolute atomic E-state index is 0.644. The van der Waals surface area contributed by atoms with Crippen LogP contribution in [0.4, 0.5) is 0 Å². The highest BCUT2D eigenvalue weighted by atomic mass is 79.9. The van der Waals surface area contributed by atoms with E-state index in [1.165, 1.54) is 0 Å². The molecular formula is C11H11BrN2O. The summed E-state index contributed by atoms with van der Waals surface area (Å²) in [6, 6.07) is 9.41. The molecule has 0 spiro atoms. The van der Waals surface area contributed by atoms with Gasteiger partial charge in [0, 0.05) is 10.2 Å². The van der Waals surface area contributed by atoms with Crippen LogP contribution in [-0.2, 0) is 0 Å². The van der Waals surface area contributed by atoms with Gasteiger partial charge in [-0.05, 0) is 30.7 Å². The molecule has 0 bridgehead atoms. The van der Waals surface area contributed by atoms with Gasteiger partial charge in [-0.15, -0.1) is 0 Å². The Hall–Kier alpha value is -1.13. The first-order valence-corrected chi connectivity index (χ1v) is 5.41. The average Bonchev–Trinajstić information content (AvgIpc) is 2.64. The maximum Gasteiger partial charge on any atom is 0.123 e. The smallest absolute Gasteiger partial charge is 0.123 e. The average molecular weight is 267 g/mol. The zero-order valence-electron chi connectivity index (χ0n) is 8.24. The van der Waals surface area contributed by atoms with Gasteiger partial charge in [-0.2, -0.15) is 5.10 Å². The number of aliphatic hydroxyl groups is 1. The number of aromatic amines is 1. The SMILES string of the molecule is Cc1cc(C(O)c2cccc(Br)c2)n[nH]1. The van der Waals surface area contributed by atoms with Crippen LogP contribution in [0.2, 0.25) is 0 Å². The van der Waals surface area contributed by atoms with E-state index in [9.17, 15) is 5.11 Å². The molecule has 2 aromatic rings. The first-order chi connectivity index (χ1) is 7.16. The van der Waals surface area contributed by atoms with E-state index in [1.807, 2.05) is 37.3 Å². The van der Waals surface area contributed by atoms with Crippen molar-refractivity contribution < 1.29 is 5.11 Å². The van der Waals surface area contributed by atoms with Crippen LogP contribution in [0.3, 0.4) is 0 Å². The van der Waals surface area contributed by atoms with E-state index in [-0.39, 0.29) is 0 Å². The number of aliphatic hydroxyl groups excluding tert-OH is 1. The molecule has 2 rings (SSSR count).